The smallest absolute Gasteiger partial charge is 0.307 e. The standard InChI is InChI=1S/C27H31FN4O4/c1-4-35-22-9-10-23(28)26(15-22)31-13-11-21(12-14-31)36-20-7-5-19(6-8-20)32-25(16-27(33)34-3)18(2)24(17-29)30-32/h5-10,15,18,21,25H,4,11-14,16H2,1-3H3. The summed E-state index contributed by atoms with van der Waals surface area (Å²) in [5.74, 6) is 0.608. The molecule has 0 aromatic heterocycles. The fourth-order valence-corrected chi connectivity index (χ4v) is 4.64. The number of esters is 1. The van der Waals surface area contributed by atoms with Gasteiger partial charge < -0.3 is 19.1 Å². The number of ether oxygens (including phenoxy) is 3. The van der Waals surface area contributed by atoms with Crippen LogP contribution in [0.3, 0.4) is 0 Å². The molecule has 0 spiro atoms. The number of benzene rings is 2. The highest BCUT2D eigenvalue weighted by Crippen LogP contribution is 2.33. The van der Waals surface area contributed by atoms with Gasteiger partial charge in [0, 0.05) is 37.9 Å². The molecule has 2 atom stereocenters. The molecule has 0 saturated carbocycles. The lowest BCUT2D eigenvalue weighted by Gasteiger charge is -2.34. The van der Waals surface area contributed by atoms with Crippen LogP contribution in [0, 0.1) is 23.1 Å². The quantitative estimate of drug-likeness (QED) is 0.498. The second-order valence-corrected chi connectivity index (χ2v) is 8.92. The number of hydrogen-bond donors (Lipinski definition) is 0. The van der Waals surface area contributed by atoms with E-state index in [4.69, 9.17) is 14.2 Å². The minimum Gasteiger partial charge on any atom is -0.494 e. The Morgan fingerprint density at radius 3 is 2.50 bits per heavy atom. The third-order valence-corrected chi connectivity index (χ3v) is 6.67. The monoisotopic (exact) mass is 494 g/mol. The second-order valence-electron chi connectivity index (χ2n) is 8.92. The molecule has 2 aliphatic rings. The van der Waals surface area contributed by atoms with E-state index in [1.807, 2.05) is 43.0 Å². The molecule has 2 heterocycles. The Kier molecular flexibility index (Phi) is 7.93. The lowest BCUT2D eigenvalue weighted by atomic mass is 9.95. The molecule has 2 aromatic carbocycles. The number of hydrazone groups is 1. The number of piperidine rings is 1. The molecule has 36 heavy (non-hydrogen) atoms. The number of methoxy groups -OCH3 is 1. The van der Waals surface area contributed by atoms with Crippen molar-refractivity contribution in [2.24, 2.45) is 11.0 Å². The molecular weight excluding hydrogens is 463 g/mol. The molecule has 0 N–H and O–H groups in total. The molecule has 8 nitrogen and oxygen atoms in total. The number of anilines is 2. The fourth-order valence-electron chi connectivity index (χ4n) is 4.64. The van der Waals surface area contributed by atoms with Crippen LogP contribution in [0.5, 0.6) is 11.5 Å². The molecule has 190 valence electrons. The number of rotatable bonds is 8. The zero-order chi connectivity index (χ0) is 25.7. The molecule has 0 aliphatic carbocycles. The predicted octanol–water partition coefficient (Wildman–Crippen LogP) is 4.54. The molecule has 2 unspecified atom stereocenters. The zero-order valence-corrected chi connectivity index (χ0v) is 20.8. The van der Waals surface area contributed by atoms with Gasteiger partial charge in [-0.1, -0.05) is 6.92 Å². The highest BCUT2D eigenvalue weighted by Gasteiger charge is 2.37. The highest BCUT2D eigenvalue weighted by molar-refractivity contribution is 6.03. The van der Waals surface area contributed by atoms with E-state index in [0.717, 1.165) is 24.3 Å². The Morgan fingerprint density at radius 1 is 1.17 bits per heavy atom. The summed E-state index contributed by atoms with van der Waals surface area (Å²) in [7, 11) is 1.35. The normalized spacial score (nSPS) is 20.0. The molecule has 0 amide bonds. The molecule has 4 rings (SSSR count). The van der Waals surface area contributed by atoms with Crippen LogP contribution in [-0.2, 0) is 9.53 Å². The lowest BCUT2D eigenvalue weighted by Crippen LogP contribution is -2.38. The third kappa shape index (κ3) is 5.54. The van der Waals surface area contributed by atoms with Crippen LogP contribution in [0.2, 0.25) is 0 Å². The summed E-state index contributed by atoms with van der Waals surface area (Å²) in [6, 6.07) is 14.2. The molecule has 0 bridgehead atoms. The summed E-state index contributed by atoms with van der Waals surface area (Å²) in [5, 5.41) is 15.6. The number of nitriles is 1. The van der Waals surface area contributed by atoms with Gasteiger partial charge in [-0.05, 0) is 43.3 Å². The average molecular weight is 495 g/mol. The zero-order valence-electron chi connectivity index (χ0n) is 20.8. The summed E-state index contributed by atoms with van der Waals surface area (Å²) in [5.41, 5.74) is 1.72. The fraction of sp³-hybridized carbons (Fsp3) is 0.444. The van der Waals surface area contributed by atoms with E-state index in [1.165, 1.54) is 13.2 Å². The van der Waals surface area contributed by atoms with Gasteiger partial charge in [-0.25, -0.2) is 4.39 Å². The Balaban J connectivity index is 1.37. The van der Waals surface area contributed by atoms with Crippen LogP contribution < -0.4 is 19.4 Å². The average Bonchev–Trinajstić information content (AvgIpc) is 3.21. The molecule has 1 saturated heterocycles. The van der Waals surface area contributed by atoms with Crippen molar-refractivity contribution in [1.29, 1.82) is 5.26 Å². The van der Waals surface area contributed by atoms with Crippen LogP contribution in [-0.4, -0.2) is 50.6 Å². The van der Waals surface area contributed by atoms with Crippen molar-refractivity contribution in [3.05, 3.63) is 48.3 Å². The minimum atomic E-state index is -0.345. The molecule has 2 aliphatic heterocycles. The number of carbonyl (C=O) groups excluding carboxylic acids is 1. The van der Waals surface area contributed by atoms with Crippen molar-refractivity contribution in [3.63, 3.8) is 0 Å². The van der Waals surface area contributed by atoms with Gasteiger partial charge in [-0.15, -0.1) is 0 Å². The topological polar surface area (TPSA) is 87.4 Å². The highest BCUT2D eigenvalue weighted by atomic mass is 19.1. The first kappa shape index (κ1) is 25.3. The Bertz CT molecular complexity index is 1140. The van der Waals surface area contributed by atoms with Crippen LogP contribution in [0.25, 0.3) is 0 Å². The molecule has 1 fully saturated rings. The molecule has 2 aromatic rings. The largest absolute Gasteiger partial charge is 0.494 e. The SMILES string of the molecule is CCOc1ccc(F)c(N2CCC(Oc3ccc(N4N=C(C#N)C(C)C4CC(=O)OC)cc3)CC2)c1. The van der Waals surface area contributed by atoms with Crippen molar-refractivity contribution >= 4 is 23.1 Å². The number of hydrogen-bond acceptors (Lipinski definition) is 8. The first-order valence-corrected chi connectivity index (χ1v) is 12.2. The van der Waals surface area contributed by atoms with Crippen LogP contribution in [0.15, 0.2) is 47.6 Å². The van der Waals surface area contributed by atoms with Gasteiger partial charge in [0.15, 0.2) is 0 Å². The van der Waals surface area contributed by atoms with E-state index in [2.05, 4.69) is 11.2 Å². The Labute approximate surface area is 210 Å². The maximum Gasteiger partial charge on any atom is 0.307 e. The van der Waals surface area contributed by atoms with Crippen LogP contribution in [0.4, 0.5) is 15.8 Å². The molecule has 0 radical (unpaired) electrons. The molecule has 9 heteroatoms. The second kappa shape index (κ2) is 11.3. The van der Waals surface area contributed by atoms with Crippen molar-refractivity contribution in [3.8, 4) is 17.6 Å². The predicted molar refractivity (Wildman–Crippen MR) is 135 cm³/mol. The van der Waals surface area contributed by atoms with Crippen LogP contribution >= 0.6 is 0 Å². The van der Waals surface area contributed by atoms with Gasteiger partial charge in [-0.2, -0.15) is 10.4 Å². The molecular formula is C27H31FN4O4. The van der Waals surface area contributed by atoms with Gasteiger partial charge in [0.1, 0.15) is 35.2 Å². The van der Waals surface area contributed by atoms with Gasteiger partial charge >= 0.3 is 5.97 Å². The van der Waals surface area contributed by atoms with Gasteiger partial charge in [0.25, 0.3) is 0 Å². The van der Waals surface area contributed by atoms with Crippen molar-refractivity contribution in [2.45, 2.75) is 45.3 Å². The minimum absolute atomic E-state index is 0.0207. The number of nitrogens with zero attached hydrogens (tertiary/aromatic N) is 4. The maximum atomic E-state index is 14.4. The van der Waals surface area contributed by atoms with E-state index < -0.39 is 0 Å². The summed E-state index contributed by atoms with van der Waals surface area (Å²) >= 11 is 0. The Morgan fingerprint density at radius 2 is 1.86 bits per heavy atom. The first-order chi connectivity index (χ1) is 17.4. The Hall–Kier alpha value is -3.80. The summed E-state index contributed by atoms with van der Waals surface area (Å²) in [6.45, 7) is 5.69. The van der Waals surface area contributed by atoms with E-state index in [9.17, 15) is 14.4 Å². The van der Waals surface area contributed by atoms with E-state index >= 15 is 0 Å². The van der Waals surface area contributed by atoms with Crippen molar-refractivity contribution in [1.82, 2.24) is 0 Å². The van der Waals surface area contributed by atoms with Gasteiger partial charge in [0.05, 0.1) is 37.6 Å². The van der Waals surface area contributed by atoms with Gasteiger partial charge in [0.2, 0.25) is 0 Å². The number of carbonyl (C=O) groups is 1. The van der Waals surface area contributed by atoms with Gasteiger partial charge in [-0.3, -0.25) is 9.80 Å². The summed E-state index contributed by atoms with van der Waals surface area (Å²) in [6.07, 6.45) is 1.69. The third-order valence-electron chi connectivity index (χ3n) is 6.67. The first-order valence-electron chi connectivity index (χ1n) is 12.2. The van der Waals surface area contributed by atoms with Crippen molar-refractivity contribution < 1.29 is 23.4 Å². The maximum absolute atomic E-state index is 14.4. The van der Waals surface area contributed by atoms with E-state index in [1.54, 1.807) is 17.1 Å². The lowest BCUT2D eigenvalue weighted by molar-refractivity contribution is -0.141. The van der Waals surface area contributed by atoms with E-state index in [-0.39, 0.29) is 36.3 Å². The van der Waals surface area contributed by atoms with Crippen LogP contribution in [0.1, 0.15) is 33.1 Å². The number of halogens is 1. The van der Waals surface area contributed by atoms with Crippen molar-refractivity contribution in [2.75, 3.05) is 36.7 Å². The summed E-state index contributed by atoms with van der Waals surface area (Å²) in [4.78, 5) is 13.9. The summed E-state index contributed by atoms with van der Waals surface area (Å²) < 4.78 is 31.0. The van der Waals surface area contributed by atoms with E-state index in [0.29, 0.717) is 36.8 Å².